The lowest BCUT2D eigenvalue weighted by molar-refractivity contribution is -0.137. The van der Waals surface area contributed by atoms with Crippen molar-refractivity contribution in [2.75, 3.05) is 10.2 Å². The Hall–Kier alpha value is -3.70. The first-order chi connectivity index (χ1) is 15.3. The van der Waals surface area contributed by atoms with Gasteiger partial charge in [0.1, 0.15) is 11.9 Å². The number of piperidine rings is 1. The summed E-state index contributed by atoms with van der Waals surface area (Å²) in [7, 11) is 0. The highest BCUT2D eigenvalue weighted by Crippen LogP contribution is 2.49. The van der Waals surface area contributed by atoms with E-state index in [2.05, 4.69) is 30.5 Å². The molecule has 1 aliphatic carbocycles. The molecule has 3 aromatic heterocycles. The number of alkyl halides is 3. The Morgan fingerprint density at radius 2 is 1.91 bits per heavy atom. The van der Waals surface area contributed by atoms with Gasteiger partial charge in [0, 0.05) is 24.0 Å². The van der Waals surface area contributed by atoms with Crippen molar-refractivity contribution in [3.05, 3.63) is 54.4 Å². The van der Waals surface area contributed by atoms with Crippen molar-refractivity contribution < 1.29 is 22.4 Å². The average Bonchev–Trinajstić information content (AvgIpc) is 3.43. The minimum Gasteiger partial charge on any atom is -0.340 e. The van der Waals surface area contributed by atoms with E-state index in [9.17, 15) is 22.4 Å². The average molecular weight is 445 g/mol. The summed E-state index contributed by atoms with van der Waals surface area (Å²) in [4.78, 5) is 25.9. The molecule has 2 fully saturated rings. The molecule has 1 saturated heterocycles. The van der Waals surface area contributed by atoms with Crippen LogP contribution in [-0.4, -0.2) is 43.1 Å². The van der Waals surface area contributed by atoms with Gasteiger partial charge in [-0.15, -0.1) is 5.10 Å². The molecule has 32 heavy (non-hydrogen) atoms. The van der Waals surface area contributed by atoms with E-state index < -0.39 is 35.1 Å². The van der Waals surface area contributed by atoms with Crippen LogP contribution in [0, 0.1) is 11.7 Å². The Morgan fingerprint density at radius 1 is 1.12 bits per heavy atom. The maximum atomic E-state index is 13.5. The summed E-state index contributed by atoms with van der Waals surface area (Å²) in [5.74, 6) is -0.699. The fourth-order valence-electron chi connectivity index (χ4n) is 4.05. The van der Waals surface area contributed by atoms with E-state index in [0.29, 0.717) is 24.4 Å². The summed E-state index contributed by atoms with van der Waals surface area (Å²) >= 11 is 0. The summed E-state index contributed by atoms with van der Waals surface area (Å²) in [5.41, 5.74) is -1.51. The molecule has 1 saturated carbocycles. The predicted octanol–water partition coefficient (Wildman–Crippen LogP) is 3.09. The van der Waals surface area contributed by atoms with Crippen molar-refractivity contribution in [2.45, 2.75) is 31.1 Å². The summed E-state index contributed by atoms with van der Waals surface area (Å²) < 4.78 is 53.5. The van der Waals surface area contributed by atoms with Crippen LogP contribution < -0.4 is 10.2 Å². The third-order valence-corrected chi connectivity index (χ3v) is 5.55. The van der Waals surface area contributed by atoms with Crippen LogP contribution >= 0.6 is 0 Å². The van der Waals surface area contributed by atoms with Gasteiger partial charge in [-0.3, -0.25) is 4.79 Å². The first-order valence-corrected chi connectivity index (χ1v) is 9.73. The smallest absolute Gasteiger partial charge is 0.340 e. The summed E-state index contributed by atoms with van der Waals surface area (Å²) in [6.07, 6.45) is 0.481. The Kier molecular flexibility index (Phi) is 4.72. The van der Waals surface area contributed by atoms with Crippen LogP contribution in [0.25, 0.3) is 11.4 Å². The topological polar surface area (TPSA) is 96.8 Å². The molecule has 1 N–H and O–H groups in total. The number of fused-ring (bicyclic) bond motifs is 1. The van der Waals surface area contributed by atoms with Gasteiger partial charge < -0.3 is 10.2 Å². The number of pyridine rings is 1. The van der Waals surface area contributed by atoms with E-state index in [1.54, 1.807) is 12.1 Å². The van der Waals surface area contributed by atoms with Gasteiger partial charge in [-0.25, -0.2) is 19.3 Å². The zero-order chi connectivity index (χ0) is 22.5. The van der Waals surface area contributed by atoms with E-state index in [4.69, 9.17) is 0 Å². The first-order valence-electron chi connectivity index (χ1n) is 9.73. The second-order valence-electron chi connectivity index (χ2n) is 7.63. The van der Waals surface area contributed by atoms with Crippen LogP contribution in [0.4, 0.5) is 29.2 Å². The van der Waals surface area contributed by atoms with Gasteiger partial charge in [-0.05, 0) is 37.0 Å². The molecule has 2 aliphatic rings. The molecule has 0 unspecified atom stereocenters. The quantitative estimate of drug-likeness (QED) is 0.617. The number of amides is 1. The zero-order valence-electron chi connectivity index (χ0n) is 16.3. The van der Waals surface area contributed by atoms with Crippen LogP contribution in [0.3, 0.4) is 0 Å². The summed E-state index contributed by atoms with van der Waals surface area (Å²) in [6, 6.07) is 4.15. The highest BCUT2D eigenvalue weighted by Gasteiger charge is 2.54. The van der Waals surface area contributed by atoms with E-state index in [1.807, 2.05) is 4.90 Å². The van der Waals surface area contributed by atoms with Crippen molar-refractivity contribution in [3.63, 3.8) is 0 Å². The third kappa shape index (κ3) is 3.72. The summed E-state index contributed by atoms with van der Waals surface area (Å²) in [5, 5.41) is 10.5. The van der Waals surface area contributed by atoms with Crippen molar-refractivity contribution >= 4 is 17.5 Å². The van der Waals surface area contributed by atoms with E-state index >= 15 is 0 Å². The van der Waals surface area contributed by atoms with Crippen molar-refractivity contribution in [1.29, 1.82) is 0 Å². The predicted molar refractivity (Wildman–Crippen MR) is 104 cm³/mol. The molecule has 5 rings (SSSR count). The van der Waals surface area contributed by atoms with E-state index in [1.165, 1.54) is 6.20 Å². The Bertz CT molecular complexity index is 1160. The SMILES string of the molecule is O=C(Nc1cc(-c2ncc(F)cn2)c(C(F)(F)F)cn1)[C@H]1C[C@H]2C[C@H]2N1c1cccnn1. The van der Waals surface area contributed by atoms with Crippen molar-refractivity contribution in [3.8, 4) is 11.4 Å². The standard InChI is InChI=1S/C20H15F4N7O/c21-11-7-26-18(27-8-11)12-6-16(25-9-13(12)20(22,23)24)29-19(32)15-5-10-4-14(10)31(15)17-2-1-3-28-30-17/h1-3,6-10,14-15H,4-5H2,(H,25,29,32)/t10-,14-,15-/m1/s1. The van der Waals surface area contributed by atoms with Crippen LogP contribution in [0.2, 0.25) is 0 Å². The van der Waals surface area contributed by atoms with Crippen LogP contribution in [0.1, 0.15) is 18.4 Å². The zero-order valence-corrected chi connectivity index (χ0v) is 16.3. The number of halogens is 4. The molecule has 164 valence electrons. The Balaban J connectivity index is 1.43. The molecule has 3 atom stereocenters. The molecule has 0 radical (unpaired) electrons. The van der Waals surface area contributed by atoms with Gasteiger partial charge in [0.05, 0.1) is 18.0 Å². The highest BCUT2D eigenvalue weighted by molar-refractivity contribution is 5.97. The molecule has 8 nitrogen and oxygen atoms in total. The molecule has 4 heterocycles. The lowest BCUT2D eigenvalue weighted by Crippen LogP contribution is -2.42. The second-order valence-corrected chi connectivity index (χ2v) is 7.63. The third-order valence-electron chi connectivity index (χ3n) is 5.55. The number of aromatic nitrogens is 5. The Morgan fingerprint density at radius 3 is 2.59 bits per heavy atom. The lowest BCUT2D eigenvalue weighted by Gasteiger charge is -2.27. The first kappa shape index (κ1) is 20.2. The monoisotopic (exact) mass is 445 g/mol. The Labute approximate surface area is 178 Å². The van der Waals surface area contributed by atoms with Crippen LogP contribution in [0.5, 0.6) is 0 Å². The largest absolute Gasteiger partial charge is 0.418 e. The van der Waals surface area contributed by atoms with Gasteiger partial charge in [0.15, 0.2) is 17.5 Å². The minimum absolute atomic E-state index is 0.0920. The minimum atomic E-state index is -4.74. The molecule has 0 spiro atoms. The van der Waals surface area contributed by atoms with Gasteiger partial charge in [-0.2, -0.15) is 18.3 Å². The summed E-state index contributed by atoms with van der Waals surface area (Å²) in [6.45, 7) is 0. The van der Waals surface area contributed by atoms with E-state index in [-0.39, 0.29) is 17.7 Å². The second kappa shape index (κ2) is 7.46. The number of rotatable bonds is 4. The molecule has 1 amide bonds. The fraction of sp³-hybridized carbons (Fsp3) is 0.300. The lowest BCUT2D eigenvalue weighted by atomic mass is 10.1. The van der Waals surface area contributed by atoms with Crippen LogP contribution in [-0.2, 0) is 11.0 Å². The number of anilines is 2. The maximum absolute atomic E-state index is 13.5. The van der Waals surface area contributed by atoms with Gasteiger partial charge in [0.2, 0.25) is 5.91 Å². The van der Waals surface area contributed by atoms with Crippen molar-refractivity contribution in [2.24, 2.45) is 5.92 Å². The number of hydrogen-bond donors (Lipinski definition) is 1. The van der Waals surface area contributed by atoms with Crippen molar-refractivity contribution in [1.82, 2.24) is 25.1 Å². The number of carbonyl (C=O) groups is 1. The molecule has 3 aromatic rings. The molecular formula is C20H15F4N7O. The van der Waals surface area contributed by atoms with Crippen LogP contribution in [0.15, 0.2) is 43.0 Å². The highest BCUT2D eigenvalue weighted by atomic mass is 19.4. The molecule has 12 heteroatoms. The maximum Gasteiger partial charge on any atom is 0.418 e. The molecule has 0 bridgehead atoms. The number of nitrogens with one attached hydrogen (secondary N) is 1. The molecule has 1 aliphatic heterocycles. The normalized spacial score (nSPS) is 21.9. The number of carbonyl (C=O) groups excluding carboxylic acids is 1. The number of nitrogens with zero attached hydrogens (tertiary/aromatic N) is 6. The van der Waals surface area contributed by atoms with Gasteiger partial charge in [-0.1, -0.05) is 0 Å². The number of hydrogen-bond acceptors (Lipinski definition) is 7. The molecule has 0 aromatic carbocycles. The van der Waals surface area contributed by atoms with E-state index in [0.717, 1.165) is 24.9 Å². The fourth-order valence-corrected chi connectivity index (χ4v) is 4.05. The van der Waals surface area contributed by atoms with Gasteiger partial charge >= 0.3 is 6.18 Å². The van der Waals surface area contributed by atoms with Gasteiger partial charge in [0.25, 0.3) is 0 Å². The molecular weight excluding hydrogens is 430 g/mol.